The van der Waals surface area contributed by atoms with Crippen LogP contribution in [0.1, 0.15) is 32.6 Å². The van der Waals surface area contributed by atoms with Crippen LogP contribution in [0.15, 0.2) is 39.1 Å². The van der Waals surface area contributed by atoms with Crippen LogP contribution in [0.3, 0.4) is 0 Å². The van der Waals surface area contributed by atoms with Gasteiger partial charge in [0.2, 0.25) is 5.96 Å². The maximum absolute atomic E-state index is 12.2. The molecule has 0 bridgehead atoms. The monoisotopic (exact) mass is 325 g/mol. The summed E-state index contributed by atoms with van der Waals surface area (Å²) in [6.07, 6.45) is 3.72. The third kappa shape index (κ3) is 6.13. The molecule has 0 aromatic heterocycles. The normalized spacial score (nSPS) is 12.1. The number of aliphatic imine (C=N–C) groups is 2. The smallest absolute Gasteiger partial charge is 0.223 e. The van der Waals surface area contributed by atoms with Crippen LogP contribution >= 0.6 is 0 Å². The summed E-state index contributed by atoms with van der Waals surface area (Å²) in [5, 5.41) is 0. The highest BCUT2D eigenvalue weighted by Crippen LogP contribution is 2.18. The Labute approximate surface area is 131 Å². The SMILES string of the molecule is CCCCCCS(=O)(=O)c1ccc(N=C(N)N=C(N)N)cc1. The van der Waals surface area contributed by atoms with Crippen molar-refractivity contribution in [2.24, 2.45) is 27.2 Å². The van der Waals surface area contributed by atoms with E-state index in [1.54, 1.807) is 12.1 Å². The molecule has 0 amide bonds. The second-order valence-electron chi connectivity index (χ2n) is 4.88. The molecular formula is C14H23N5O2S. The van der Waals surface area contributed by atoms with E-state index in [-0.39, 0.29) is 22.6 Å². The number of guanidine groups is 2. The van der Waals surface area contributed by atoms with Crippen LogP contribution in [0.2, 0.25) is 0 Å². The van der Waals surface area contributed by atoms with Gasteiger partial charge >= 0.3 is 0 Å². The Hall–Kier alpha value is -2.09. The average molecular weight is 325 g/mol. The molecule has 0 heterocycles. The number of sulfone groups is 1. The van der Waals surface area contributed by atoms with Gasteiger partial charge < -0.3 is 17.2 Å². The molecular weight excluding hydrogens is 302 g/mol. The van der Waals surface area contributed by atoms with Crippen molar-refractivity contribution in [3.8, 4) is 0 Å². The molecule has 22 heavy (non-hydrogen) atoms. The third-order valence-corrected chi connectivity index (χ3v) is 4.77. The fraction of sp³-hybridized carbons (Fsp3) is 0.429. The zero-order chi connectivity index (χ0) is 16.6. The zero-order valence-corrected chi connectivity index (χ0v) is 13.5. The van der Waals surface area contributed by atoms with Crippen molar-refractivity contribution in [3.05, 3.63) is 24.3 Å². The maximum atomic E-state index is 12.2. The first kappa shape index (κ1) is 18.0. The second kappa shape index (κ2) is 8.38. The standard InChI is InChI=1S/C14H23N5O2S/c1-2-3-4-5-10-22(20,21)12-8-6-11(7-9-12)18-14(17)19-13(15)16/h6-9H,2-5,10H2,1H3,(H6,15,16,17,18,19). The van der Waals surface area contributed by atoms with E-state index >= 15 is 0 Å². The van der Waals surface area contributed by atoms with Crippen LogP contribution in [0.5, 0.6) is 0 Å². The second-order valence-corrected chi connectivity index (χ2v) is 6.99. The molecule has 0 aliphatic heterocycles. The fourth-order valence-electron chi connectivity index (χ4n) is 1.85. The molecule has 1 rings (SSSR count). The van der Waals surface area contributed by atoms with Gasteiger partial charge in [0.25, 0.3) is 0 Å². The van der Waals surface area contributed by atoms with Gasteiger partial charge in [-0.2, -0.15) is 4.99 Å². The Bertz CT molecular complexity index is 632. The van der Waals surface area contributed by atoms with Crippen molar-refractivity contribution >= 4 is 27.4 Å². The Kier molecular flexibility index (Phi) is 6.84. The Morgan fingerprint density at radius 2 is 1.68 bits per heavy atom. The number of rotatable bonds is 7. The molecule has 6 N–H and O–H groups in total. The van der Waals surface area contributed by atoms with Crippen molar-refractivity contribution < 1.29 is 8.42 Å². The number of nitrogens with two attached hydrogens (primary N) is 3. The van der Waals surface area contributed by atoms with Gasteiger partial charge in [0.1, 0.15) is 0 Å². The van der Waals surface area contributed by atoms with Crippen LogP contribution < -0.4 is 17.2 Å². The number of hydrogen-bond acceptors (Lipinski definition) is 3. The van der Waals surface area contributed by atoms with Crippen molar-refractivity contribution in [1.82, 2.24) is 0 Å². The highest BCUT2D eigenvalue weighted by molar-refractivity contribution is 7.91. The average Bonchev–Trinajstić information content (AvgIpc) is 2.43. The van der Waals surface area contributed by atoms with E-state index in [2.05, 4.69) is 16.9 Å². The van der Waals surface area contributed by atoms with Crippen LogP contribution in [-0.2, 0) is 9.84 Å². The molecule has 0 spiro atoms. The Balaban J connectivity index is 2.77. The predicted molar refractivity (Wildman–Crippen MR) is 89.7 cm³/mol. The van der Waals surface area contributed by atoms with Gasteiger partial charge in [-0.05, 0) is 30.7 Å². The predicted octanol–water partition coefficient (Wildman–Crippen LogP) is 1.26. The van der Waals surface area contributed by atoms with E-state index in [0.717, 1.165) is 19.3 Å². The van der Waals surface area contributed by atoms with E-state index < -0.39 is 9.84 Å². The van der Waals surface area contributed by atoms with E-state index in [1.165, 1.54) is 12.1 Å². The van der Waals surface area contributed by atoms with Gasteiger partial charge in [-0.3, -0.25) is 0 Å². The van der Waals surface area contributed by atoms with Gasteiger partial charge in [0.05, 0.1) is 16.3 Å². The largest absolute Gasteiger partial charge is 0.370 e. The summed E-state index contributed by atoms with van der Waals surface area (Å²) in [7, 11) is -3.25. The van der Waals surface area contributed by atoms with Crippen molar-refractivity contribution in [2.75, 3.05) is 5.75 Å². The van der Waals surface area contributed by atoms with Crippen LogP contribution in [0.25, 0.3) is 0 Å². The molecule has 0 fully saturated rings. The maximum Gasteiger partial charge on any atom is 0.223 e. The lowest BCUT2D eigenvalue weighted by Crippen LogP contribution is -2.26. The Morgan fingerprint density at radius 1 is 1.05 bits per heavy atom. The van der Waals surface area contributed by atoms with Gasteiger partial charge in [0.15, 0.2) is 15.8 Å². The first-order valence-electron chi connectivity index (χ1n) is 7.12. The number of unbranched alkanes of at least 4 members (excludes halogenated alkanes) is 3. The van der Waals surface area contributed by atoms with Crippen LogP contribution in [0.4, 0.5) is 5.69 Å². The lowest BCUT2D eigenvalue weighted by atomic mass is 10.2. The molecule has 7 nitrogen and oxygen atoms in total. The molecule has 1 aromatic rings. The molecule has 1 aromatic carbocycles. The third-order valence-electron chi connectivity index (χ3n) is 2.95. The summed E-state index contributed by atoms with van der Waals surface area (Å²) in [5.41, 5.74) is 16.4. The summed E-state index contributed by atoms with van der Waals surface area (Å²) < 4.78 is 24.3. The lowest BCUT2D eigenvalue weighted by molar-refractivity contribution is 0.589. The fourth-order valence-corrected chi connectivity index (χ4v) is 3.22. The molecule has 0 aliphatic carbocycles. The minimum absolute atomic E-state index is 0.0878. The van der Waals surface area contributed by atoms with E-state index in [1.807, 2.05) is 0 Å². The Morgan fingerprint density at radius 3 is 2.23 bits per heavy atom. The highest BCUT2D eigenvalue weighted by Gasteiger charge is 2.13. The summed E-state index contributed by atoms with van der Waals surface area (Å²) in [5.74, 6) is -0.117. The summed E-state index contributed by atoms with van der Waals surface area (Å²) in [6.45, 7) is 2.09. The summed E-state index contributed by atoms with van der Waals surface area (Å²) >= 11 is 0. The van der Waals surface area contributed by atoms with Crippen molar-refractivity contribution in [2.45, 2.75) is 37.5 Å². The summed E-state index contributed by atoms with van der Waals surface area (Å²) in [6, 6.07) is 6.15. The van der Waals surface area contributed by atoms with Gasteiger partial charge in [-0.15, -0.1) is 0 Å². The topological polar surface area (TPSA) is 137 Å². The minimum atomic E-state index is -3.25. The zero-order valence-electron chi connectivity index (χ0n) is 12.7. The molecule has 0 radical (unpaired) electrons. The lowest BCUT2D eigenvalue weighted by Gasteiger charge is -2.04. The first-order valence-corrected chi connectivity index (χ1v) is 8.77. The minimum Gasteiger partial charge on any atom is -0.370 e. The van der Waals surface area contributed by atoms with Gasteiger partial charge in [0, 0.05) is 0 Å². The highest BCUT2D eigenvalue weighted by atomic mass is 32.2. The number of benzene rings is 1. The summed E-state index contributed by atoms with van der Waals surface area (Å²) in [4.78, 5) is 7.83. The van der Waals surface area contributed by atoms with Crippen molar-refractivity contribution in [3.63, 3.8) is 0 Å². The van der Waals surface area contributed by atoms with E-state index in [0.29, 0.717) is 12.1 Å². The molecule has 122 valence electrons. The van der Waals surface area contributed by atoms with Crippen LogP contribution in [0, 0.1) is 0 Å². The molecule has 0 saturated carbocycles. The van der Waals surface area contributed by atoms with E-state index in [4.69, 9.17) is 17.2 Å². The van der Waals surface area contributed by atoms with E-state index in [9.17, 15) is 8.42 Å². The molecule has 0 unspecified atom stereocenters. The molecule has 0 aliphatic rings. The van der Waals surface area contributed by atoms with Gasteiger partial charge in [-0.1, -0.05) is 26.2 Å². The molecule has 8 heteroatoms. The van der Waals surface area contributed by atoms with Gasteiger partial charge in [-0.25, -0.2) is 13.4 Å². The molecule has 0 saturated heterocycles. The van der Waals surface area contributed by atoms with Crippen molar-refractivity contribution in [1.29, 1.82) is 0 Å². The van der Waals surface area contributed by atoms with Crippen LogP contribution in [-0.4, -0.2) is 26.1 Å². The number of nitrogens with zero attached hydrogens (tertiary/aromatic N) is 2. The first-order chi connectivity index (χ1) is 10.3. The number of hydrogen-bond donors (Lipinski definition) is 3. The quantitative estimate of drug-likeness (QED) is 0.394. The molecule has 0 atom stereocenters.